The number of rotatable bonds is 1. The van der Waals surface area contributed by atoms with E-state index in [4.69, 9.17) is 23.8 Å². The van der Waals surface area contributed by atoms with Crippen LogP contribution in [-0.4, -0.2) is 28.5 Å². The monoisotopic (exact) mass is 296 g/mol. The van der Waals surface area contributed by atoms with E-state index in [2.05, 4.69) is 17.1 Å². The minimum Gasteiger partial charge on any atom is -0.346 e. The van der Waals surface area contributed by atoms with E-state index < -0.39 is 0 Å². The molecule has 102 valence electrons. The smallest absolute Gasteiger partial charge is 0.258 e. The van der Waals surface area contributed by atoms with Gasteiger partial charge in [-0.3, -0.25) is 10.1 Å². The van der Waals surface area contributed by atoms with E-state index in [9.17, 15) is 4.79 Å². The molecule has 1 amide bonds. The highest BCUT2D eigenvalue weighted by molar-refractivity contribution is 7.80. The van der Waals surface area contributed by atoms with Gasteiger partial charge in [-0.05, 0) is 50.5 Å². The summed E-state index contributed by atoms with van der Waals surface area (Å²) in [6, 6.07) is 7.35. The fraction of sp³-hybridized carbons (Fsp3) is 0.429. The third-order valence-electron chi connectivity index (χ3n) is 3.40. The van der Waals surface area contributed by atoms with Crippen LogP contribution in [0.3, 0.4) is 0 Å². The van der Waals surface area contributed by atoms with Gasteiger partial charge < -0.3 is 4.90 Å². The molecule has 1 heterocycles. The number of hydrogen-bond acceptors (Lipinski definition) is 2. The lowest BCUT2D eigenvalue weighted by Gasteiger charge is -2.35. The van der Waals surface area contributed by atoms with Crippen molar-refractivity contribution < 1.29 is 4.79 Å². The number of nitrogens with one attached hydrogen (secondary N) is 1. The predicted octanol–water partition coefficient (Wildman–Crippen LogP) is 3.23. The number of carbonyl (C=O) groups excluding carboxylic acids is 1. The second kappa shape index (κ2) is 6.35. The second-order valence-electron chi connectivity index (χ2n) is 4.78. The van der Waals surface area contributed by atoms with E-state index >= 15 is 0 Å². The maximum absolute atomic E-state index is 12.1. The number of halogens is 1. The van der Waals surface area contributed by atoms with Crippen LogP contribution in [0.15, 0.2) is 24.3 Å². The molecule has 1 saturated heterocycles. The van der Waals surface area contributed by atoms with Crippen molar-refractivity contribution in [1.29, 1.82) is 0 Å². The molecular formula is C14H17ClN2OS. The van der Waals surface area contributed by atoms with Crippen molar-refractivity contribution in [2.75, 3.05) is 6.54 Å². The largest absolute Gasteiger partial charge is 0.346 e. The molecule has 0 bridgehead atoms. The van der Waals surface area contributed by atoms with Gasteiger partial charge in [-0.25, -0.2) is 0 Å². The minimum atomic E-state index is -0.242. The highest BCUT2D eigenvalue weighted by Crippen LogP contribution is 2.18. The van der Waals surface area contributed by atoms with E-state index in [1.165, 1.54) is 6.42 Å². The standard InChI is InChI=1S/C14H17ClN2OS/c1-10-6-4-5-9-17(10)14(19)16-13(18)11-7-2-3-8-12(11)15/h2-3,7-8,10H,4-6,9H2,1H3,(H,16,18,19)/t10-/m0/s1. The molecule has 0 aromatic heterocycles. The van der Waals surface area contributed by atoms with Gasteiger partial charge >= 0.3 is 0 Å². The summed E-state index contributed by atoms with van der Waals surface area (Å²) < 4.78 is 0. The Morgan fingerprint density at radius 2 is 2.16 bits per heavy atom. The molecule has 0 radical (unpaired) electrons. The topological polar surface area (TPSA) is 32.3 Å². The van der Waals surface area contributed by atoms with Crippen molar-refractivity contribution in [2.24, 2.45) is 0 Å². The second-order valence-corrected chi connectivity index (χ2v) is 5.57. The SMILES string of the molecule is C[C@H]1CCCCN1C(=S)NC(=O)c1ccccc1Cl. The van der Waals surface area contributed by atoms with Gasteiger partial charge in [-0.15, -0.1) is 0 Å². The lowest BCUT2D eigenvalue weighted by Crippen LogP contribution is -2.49. The van der Waals surface area contributed by atoms with Gasteiger partial charge in [0.2, 0.25) is 0 Å². The number of carbonyl (C=O) groups is 1. The molecule has 0 unspecified atom stereocenters. The lowest BCUT2D eigenvalue weighted by molar-refractivity contribution is 0.0970. The van der Waals surface area contributed by atoms with Gasteiger partial charge in [-0.1, -0.05) is 23.7 Å². The first-order valence-electron chi connectivity index (χ1n) is 6.46. The van der Waals surface area contributed by atoms with Crippen molar-refractivity contribution >= 4 is 34.8 Å². The van der Waals surface area contributed by atoms with Crippen molar-refractivity contribution in [3.05, 3.63) is 34.9 Å². The Morgan fingerprint density at radius 3 is 2.84 bits per heavy atom. The molecule has 1 aliphatic heterocycles. The lowest BCUT2D eigenvalue weighted by atomic mass is 10.0. The fourth-order valence-electron chi connectivity index (χ4n) is 2.28. The average molecular weight is 297 g/mol. The van der Waals surface area contributed by atoms with Crippen LogP contribution in [0.1, 0.15) is 36.5 Å². The number of piperidine rings is 1. The third kappa shape index (κ3) is 3.45. The van der Waals surface area contributed by atoms with Crippen LogP contribution in [0, 0.1) is 0 Å². The molecule has 19 heavy (non-hydrogen) atoms. The number of nitrogens with zero attached hydrogens (tertiary/aromatic N) is 1. The van der Waals surface area contributed by atoms with Crippen LogP contribution in [0.4, 0.5) is 0 Å². The summed E-state index contributed by atoms with van der Waals surface area (Å²) in [5.41, 5.74) is 0.455. The molecule has 1 aromatic carbocycles. The Labute approximate surface area is 123 Å². The van der Waals surface area contributed by atoms with Crippen molar-refractivity contribution in [2.45, 2.75) is 32.2 Å². The van der Waals surface area contributed by atoms with Gasteiger partial charge in [0.05, 0.1) is 10.6 Å². The molecule has 1 fully saturated rings. The zero-order chi connectivity index (χ0) is 13.8. The minimum absolute atomic E-state index is 0.242. The molecule has 2 rings (SSSR count). The van der Waals surface area contributed by atoms with E-state index in [0.29, 0.717) is 21.7 Å². The maximum Gasteiger partial charge on any atom is 0.258 e. The quantitative estimate of drug-likeness (QED) is 0.808. The van der Waals surface area contributed by atoms with Crippen LogP contribution < -0.4 is 5.32 Å². The molecule has 0 spiro atoms. The Morgan fingerprint density at radius 1 is 1.42 bits per heavy atom. The zero-order valence-corrected chi connectivity index (χ0v) is 12.4. The van der Waals surface area contributed by atoms with Gasteiger partial charge in [0.25, 0.3) is 5.91 Å². The molecule has 1 atom stereocenters. The zero-order valence-electron chi connectivity index (χ0n) is 10.9. The summed E-state index contributed by atoms with van der Waals surface area (Å²) in [6.07, 6.45) is 3.45. The molecule has 0 aliphatic carbocycles. The van der Waals surface area contributed by atoms with Crippen molar-refractivity contribution in [3.8, 4) is 0 Å². The molecule has 3 nitrogen and oxygen atoms in total. The number of amides is 1. The number of benzene rings is 1. The molecule has 1 aliphatic rings. The summed E-state index contributed by atoms with van der Waals surface area (Å²) >= 11 is 11.3. The van der Waals surface area contributed by atoms with Gasteiger partial charge in [-0.2, -0.15) is 0 Å². The molecule has 1 aromatic rings. The Balaban J connectivity index is 2.03. The van der Waals surface area contributed by atoms with E-state index in [-0.39, 0.29) is 5.91 Å². The van der Waals surface area contributed by atoms with Crippen LogP contribution in [0.2, 0.25) is 5.02 Å². The first-order chi connectivity index (χ1) is 9.09. The van der Waals surface area contributed by atoms with Gasteiger partial charge in [0, 0.05) is 12.6 Å². The van der Waals surface area contributed by atoms with Gasteiger partial charge in [0.15, 0.2) is 5.11 Å². The molecule has 1 N–H and O–H groups in total. The average Bonchev–Trinajstić information content (AvgIpc) is 2.39. The summed E-state index contributed by atoms with van der Waals surface area (Å²) in [4.78, 5) is 14.2. The first-order valence-corrected chi connectivity index (χ1v) is 7.24. The number of hydrogen-bond donors (Lipinski definition) is 1. The van der Waals surface area contributed by atoms with Crippen molar-refractivity contribution in [1.82, 2.24) is 10.2 Å². The Kier molecular flexibility index (Phi) is 4.77. The third-order valence-corrected chi connectivity index (χ3v) is 4.07. The highest BCUT2D eigenvalue weighted by atomic mass is 35.5. The van der Waals surface area contributed by atoms with Gasteiger partial charge in [0.1, 0.15) is 0 Å². The number of likely N-dealkylation sites (tertiary alicyclic amines) is 1. The van der Waals surface area contributed by atoms with E-state index in [0.717, 1.165) is 19.4 Å². The maximum atomic E-state index is 12.1. The normalized spacial score (nSPS) is 19.1. The van der Waals surface area contributed by atoms with Crippen LogP contribution in [0.5, 0.6) is 0 Å². The Bertz CT molecular complexity index is 492. The molecular weight excluding hydrogens is 280 g/mol. The summed E-state index contributed by atoms with van der Waals surface area (Å²) in [6.45, 7) is 3.04. The van der Waals surface area contributed by atoms with Crippen molar-refractivity contribution in [3.63, 3.8) is 0 Å². The highest BCUT2D eigenvalue weighted by Gasteiger charge is 2.22. The van der Waals surface area contributed by atoms with E-state index in [1.807, 2.05) is 0 Å². The summed E-state index contributed by atoms with van der Waals surface area (Å²) in [5.74, 6) is -0.242. The first kappa shape index (κ1) is 14.3. The van der Waals surface area contributed by atoms with E-state index in [1.54, 1.807) is 24.3 Å². The molecule has 5 heteroatoms. The molecule has 0 saturated carbocycles. The van der Waals surface area contributed by atoms with Crippen LogP contribution in [-0.2, 0) is 0 Å². The fourth-order valence-corrected chi connectivity index (χ4v) is 2.87. The summed E-state index contributed by atoms with van der Waals surface area (Å²) in [7, 11) is 0. The summed E-state index contributed by atoms with van der Waals surface area (Å²) in [5, 5.41) is 3.71. The predicted molar refractivity (Wildman–Crippen MR) is 81.5 cm³/mol. The number of thiocarbonyl (C=S) groups is 1. The van der Waals surface area contributed by atoms with Crippen LogP contribution in [0.25, 0.3) is 0 Å². The van der Waals surface area contributed by atoms with Crippen LogP contribution >= 0.6 is 23.8 Å². The Hall–Kier alpha value is -1.13.